The van der Waals surface area contributed by atoms with Crippen LogP contribution in [0.15, 0.2) is 103 Å². The van der Waals surface area contributed by atoms with Crippen LogP contribution in [0.4, 0.5) is 0 Å². The molecule has 0 fully saturated rings. The van der Waals surface area contributed by atoms with Crippen molar-refractivity contribution in [2.45, 2.75) is 96.9 Å². The molecular weight excluding hydrogens is 707 g/mol. The van der Waals surface area contributed by atoms with Crippen LogP contribution in [0.2, 0.25) is 0 Å². The molecule has 0 bridgehead atoms. The molecule has 9 heteroatoms. The van der Waals surface area contributed by atoms with E-state index in [1.54, 1.807) is 0 Å². The molecule has 2 atom stereocenters. The molecule has 0 spiro atoms. The van der Waals surface area contributed by atoms with E-state index in [0.717, 1.165) is 51.5 Å². The lowest BCUT2D eigenvalue weighted by atomic mass is 9.91. The van der Waals surface area contributed by atoms with Crippen molar-refractivity contribution < 1.29 is 24.2 Å². The van der Waals surface area contributed by atoms with Gasteiger partial charge in [-0.3, -0.25) is 14.4 Å². The minimum Gasteiger partial charge on any atom is -0.494 e. The van der Waals surface area contributed by atoms with E-state index in [4.69, 9.17) is 4.74 Å². The van der Waals surface area contributed by atoms with E-state index >= 15 is 0 Å². The molecule has 1 amide bonds. The summed E-state index contributed by atoms with van der Waals surface area (Å²) in [5, 5.41) is 12.6. The number of Topliss-reactive ketones (excluding diaryl/α,β-unsaturated/α-hetero) is 1. The maximum atomic E-state index is 13.9. The number of carboxylic acid groups (broad SMARTS) is 1. The van der Waals surface area contributed by atoms with E-state index in [1.807, 2.05) is 103 Å². The number of carbonyl (C=O) groups excluding carboxylic acids is 2. The fraction of sp³-hybridized carbons (Fsp3) is 0.370. The largest absolute Gasteiger partial charge is 0.494 e. The first kappa shape index (κ1) is 41.0. The van der Waals surface area contributed by atoms with Gasteiger partial charge in [-0.15, -0.1) is 11.3 Å². The van der Waals surface area contributed by atoms with Crippen LogP contribution in [-0.4, -0.2) is 45.4 Å². The van der Waals surface area contributed by atoms with Crippen LogP contribution in [-0.2, 0) is 27.8 Å². The number of carbonyl (C=O) groups is 3. The number of thiophene rings is 1. The van der Waals surface area contributed by atoms with E-state index in [9.17, 15) is 19.5 Å². The van der Waals surface area contributed by atoms with Crippen molar-refractivity contribution in [1.29, 1.82) is 0 Å². The zero-order valence-electron chi connectivity index (χ0n) is 32.4. The van der Waals surface area contributed by atoms with Gasteiger partial charge in [-0.2, -0.15) is 0 Å². The van der Waals surface area contributed by atoms with Crippen molar-refractivity contribution in [2.75, 3.05) is 6.61 Å². The Balaban J connectivity index is 1.26. The molecule has 5 rings (SSSR count). The van der Waals surface area contributed by atoms with Crippen LogP contribution in [0.5, 0.6) is 5.75 Å². The molecule has 8 nitrogen and oxygen atoms in total. The number of ether oxygens (including phenoxy) is 1. The molecule has 55 heavy (non-hydrogen) atoms. The molecule has 288 valence electrons. The second-order valence-corrected chi connectivity index (χ2v) is 16.3. The molecule has 3 aromatic carbocycles. The number of aromatic nitrogens is 2. The number of aliphatic carboxylic acids is 1. The Kier molecular flexibility index (Phi) is 14.9. The van der Waals surface area contributed by atoms with Crippen molar-refractivity contribution >= 4 is 29.0 Å². The second-order valence-electron chi connectivity index (χ2n) is 15.2. The van der Waals surface area contributed by atoms with E-state index in [-0.39, 0.29) is 29.9 Å². The molecule has 0 saturated heterocycles. The van der Waals surface area contributed by atoms with Gasteiger partial charge in [-0.1, -0.05) is 120 Å². The number of carboxylic acids is 1. The molecule has 2 aromatic heterocycles. The van der Waals surface area contributed by atoms with Crippen LogP contribution in [0.1, 0.15) is 98.3 Å². The summed E-state index contributed by atoms with van der Waals surface area (Å²) >= 11 is 1.46. The quantitative estimate of drug-likeness (QED) is 0.0599. The lowest BCUT2D eigenvalue weighted by molar-refractivity contribution is -0.137. The van der Waals surface area contributed by atoms with Crippen LogP contribution in [0.25, 0.3) is 22.5 Å². The van der Waals surface area contributed by atoms with Crippen molar-refractivity contribution in [3.8, 4) is 28.3 Å². The van der Waals surface area contributed by atoms with Gasteiger partial charge >= 0.3 is 5.97 Å². The molecular formula is C46H53N3O5S. The van der Waals surface area contributed by atoms with Crippen LogP contribution in [0.3, 0.4) is 0 Å². The minimum atomic E-state index is -1.00. The van der Waals surface area contributed by atoms with Crippen molar-refractivity contribution in [2.24, 2.45) is 5.92 Å². The molecule has 0 unspecified atom stereocenters. The van der Waals surface area contributed by atoms with Gasteiger partial charge in [0.15, 0.2) is 11.6 Å². The zero-order valence-corrected chi connectivity index (χ0v) is 33.2. The van der Waals surface area contributed by atoms with E-state index in [2.05, 4.69) is 43.0 Å². The highest BCUT2D eigenvalue weighted by molar-refractivity contribution is 7.14. The standard InChI is InChI=1S/C46H53N3O5S/c1-5-6-7-8-12-25-54-39-21-19-34(20-22-39)37-30-47-44(48-31-37)35-17-15-33(16-18-35)26-36(28-40(50)41-23-24-42(55-41)46(2,3)4)45(53)49-38(29-43(51)52)27-32-13-10-9-11-14-32/h9-11,13-24,30-31,36,38H,5-8,12,25-29H2,1-4H3,(H,49,53)(H,51,52)/t36-,38+/m1/s1. The number of hydrogen-bond donors (Lipinski definition) is 2. The Bertz CT molecular complexity index is 1970. The van der Waals surface area contributed by atoms with E-state index < -0.39 is 17.9 Å². The number of benzene rings is 3. The van der Waals surface area contributed by atoms with Gasteiger partial charge in [0.2, 0.25) is 5.91 Å². The third kappa shape index (κ3) is 12.7. The molecule has 2 N–H and O–H groups in total. The van der Waals surface area contributed by atoms with Gasteiger partial charge in [-0.25, -0.2) is 9.97 Å². The maximum absolute atomic E-state index is 13.9. The second kappa shape index (κ2) is 20.0. The van der Waals surface area contributed by atoms with Crippen molar-refractivity contribution in [3.05, 3.63) is 124 Å². The van der Waals surface area contributed by atoms with Crippen molar-refractivity contribution in [1.82, 2.24) is 15.3 Å². The normalized spacial score (nSPS) is 12.5. The number of rotatable bonds is 20. The number of amides is 1. The summed E-state index contributed by atoms with van der Waals surface area (Å²) in [5.41, 5.74) is 4.43. The number of nitrogens with zero attached hydrogens (tertiary/aromatic N) is 2. The summed E-state index contributed by atoms with van der Waals surface area (Å²) in [7, 11) is 0. The molecule has 2 heterocycles. The Labute approximate surface area is 329 Å². The van der Waals surface area contributed by atoms with Crippen molar-refractivity contribution in [3.63, 3.8) is 0 Å². The highest BCUT2D eigenvalue weighted by atomic mass is 32.1. The first-order chi connectivity index (χ1) is 26.5. The molecule has 0 aliphatic carbocycles. The van der Waals surface area contributed by atoms with Crippen LogP contribution < -0.4 is 10.1 Å². The van der Waals surface area contributed by atoms with Crippen LogP contribution >= 0.6 is 11.3 Å². The summed E-state index contributed by atoms with van der Waals surface area (Å²) < 4.78 is 5.91. The summed E-state index contributed by atoms with van der Waals surface area (Å²) in [6, 6.07) is 28.4. The smallest absolute Gasteiger partial charge is 0.305 e. The first-order valence-corrected chi connectivity index (χ1v) is 20.1. The molecule has 0 aliphatic heterocycles. The highest BCUT2D eigenvalue weighted by Gasteiger charge is 2.28. The molecule has 0 radical (unpaired) electrons. The van der Waals surface area contributed by atoms with Gasteiger partial charge in [0, 0.05) is 46.8 Å². The van der Waals surface area contributed by atoms with Crippen LogP contribution in [0, 0.1) is 5.92 Å². The molecule has 0 saturated carbocycles. The number of hydrogen-bond acceptors (Lipinski definition) is 7. The summed E-state index contributed by atoms with van der Waals surface area (Å²) in [5.74, 6) is -0.721. The number of nitrogens with one attached hydrogen (secondary N) is 1. The monoisotopic (exact) mass is 759 g/mol. The Hall–Kier alpha value is -5.15. The third-order valence-electron chi connectivity index (χ3n) is 9.57. The highest BCUT2D eigenvalue weighted by Crippen LogP contribution is 2.31. The molecule has 5 aromatic rings. The Morgan fingerprint density at radius 1 is 0.745 bits per heavy atom. The first-order valence-electron chi connectivity index (χ1n) is 19.3. The van der Waals surface area contributed by atoms with Gasteiger partial charge in [-0.05, 0) is 65.6 Å². The predicted molar refractivity (Wildman–Crippen MR) is 221 cm³/mol. The zero-order chi connectivity index (χ0) is 39.2. The fourth-order valence-corrected chi connectivity index (χ4v) is 7.43. The Morgan fingerprint density at radius 2 is 1.40 bits per heavy atom. The summed E-state index contributed by atoms with van der Waals surface area (Å²) in [6.07, 6.45) is 10.1. The maximum Gasteiger partial charge on any atom is 0.305 e. The average Bonchev–Trinajstić information content (AvgIpc) is 3.69. The molecule has 0 aliphatic rings. The Morgan fingerprint density at radius 3 is 2.04 bits per heavy atom. The van der Waals surface area contributed by atoms with Gasteiger partial charge in [0.25, 0.3) is 0 Å². The third-order valence-corrected chi connectivity index (χ3v) is 11.1. The van der Waals surface area contributed by atoms with Gasteiger partial charge in [0.1, 0.15) is 5.75 Å². The topological polar surface area (TPSA) is 118 Å². The minimum absolute atomic E-state index is 0.000462. The summed E-state index contributed by atoms with van der Waals surface area (Å²) in [6.45, 7) is 9.25. The van der Waals surface area contributed by atoms with Gasteiger partial charge in [0.05, 0.1) is 17.9 Å². The summed E-state index contributed by atoms with van der Waals surface area (Å²) in [4.78, 5) is 50.3. The number of unbranched alkanes of at least 4 members (excludes halogenated alkanes) is 4. The lowest BCUT2D eigenvalue weighted by Crippen LogP contribution is -2.42. The fourth-order valence-electron chi connectivity index (χ4n) is 6.42. The van der Waals surface area contributed by atoms with E-state index in [0.29, 0.717) is 23.5 Å². The predicted octanol–water partition coefficient (Wildman–Crippen LogP) is 10.2. The van der Waals surface area contributed by atoms with Gasteiger partial charge < -0.3 is 15.2 Å². The SMILES string of the molecule is CCCCCCCOc1ccc(-c2cnc(-c3ccc(C[C@H](CC(=O)c4ccc(C(C)(C)C)s4)C(=O)N[C@H](CC(=O)O)Cc4ccccc4)cc3)nc2)cc1. The lowest BCUT2D eigenvalue weighted by Gasteiger charge is -2.22. The number of ketones is 1. The average molecular weight is 760 g/mol. The van der Waals surface area contributed by atoms with E-state index in [1.165, 1.54) is 37.0 Å².